The van der Waals surface area contributed by atoms with Gasteiger partial charge in [-0.15, -0.1) is 0 Å². The van der Waals surface area contributed by atoms with Crippen LogP contribution in [0.25, 0.3) is 6.08 Å². The molecule has 156 valence electrons. The van der Waals surface area contributed by atoms with Crippen molar-refractivity contribution in [2.45, 2.75) is 39.5 Å². The molecule has 2 atom stereocenters. The van der Waals surface area contributed by atoms with Gasteiger partial charge in [0, 0.05) is 18.3 Å². The number of carbonyl (C=O) groups excluding carboxylic acids is 1. The Labute approximate surface area is 177 Å². The molecule has 0 saturated carbocycles. The average Bonchev–Trinajstić information content (AvgIpc) is 3.21. The molecule has 1 heterocycles. The van der Waals surface area contributed by atoms with E-state index in [1.807, 2.05) is 71.5 Å². The lowest BCUT2D eigenvalue weighted by Crippen LogP contribution is -2.19. The second-order valence-corrected chi connectivity index (χ2v) is 7.54. The molecule has 1 aliphatic rings. The minimum atomic E-state index is -0.970. The number of aromatic nitrogens is 1. The zero-order valence-electron chi connectivity index (χ0n) is 17.3. The molecule has 0 aliphatic heterocycles. The van der Waals surface area contributed by atoms with E-state index in [1.54, 1.807) is 0 Å². The van der Waals surface area contributed by atoms with E-state index in [2.05, 4.69) is 13.0 Å². The molecule has 5 heteroatoms. The number of ether oxygens (including phenoxy) is 1. The van der Waals surface area contributed by atoms with E-state index in [-0.39, 0.29) is 12.4 Å². The molecule has 1 aromatic carbocycles. The number of ketones is 1. The van der Waals surface area contributed by atoms with Gasteiger partial charge in [0.2, 0.25) is 5.78 Å². The average molecular weight is 405 g/mol. The summed E-state index contributed by atoms with van der Waals surface area (Å²) in [6, 6.07) is 11.5. The van der Waals surface area contributed by atoms with Crippen LogP contribution in [0.1, 0.15) is 41.9 Å². The fourth-order valence-corrected chi connectivity index (χ4v) is 3.14. The predicted octanol–water partition coefficient (Wildman–Crippen LogP) is 4.90. The lowest BCUT2D eigenvalue weighted by molar-refractivity contribution is -0.149. The molecule has 1 unspecified atom stereocenters. The first-order valence-corrected chi connectivity index (χ1v) is 10.1. The van der Waals surface area contributed by atoms with E-state index in [0.717, 1.165) is 23.1 Å². The van der Waals surface area contributed by atoms with Crippen molar-refractivity contribution in [1.82, 2.24) is 4.57 Å². The topological polar surface area (TPSA) is 68.5 Å². The van der Waals surface area contributed by atoms with E-state index in [4.69, 9.17) is 9.84 Å². The number of benzene rings is 1. The van der Waals surface area contributed by atoms with Gasteiger partial charge in [-0.05, 0) is 42.5 Å². The summed E-state index contributed by atoms with van der Waals surface area (Å²) in [4.78, 5) is 23.6. The van der Waals surface area contributed by atoms with Gasteiger partial charge < -0.3 is 14.4 Å². The van der Waals surface area contributed by atoms with Crippen molar-refractivity contribution in [2.24, 2.45) is 5.92 Å². The largest absolute Gasteiger partial charge is 0.479 e. The zero-order valence-corrected chi connectivity index (χ0v) is 17.3. The minimum absolute atomic E-state index is 0.0523. The quantitative estimate of drug-likeness (QED) is 0.603. The number of carboxylic acids is 1. The molecular formula is C25H27NO4. The van der Waals surface area contributed by atoms with Crippen LogP contribution in [0, 0.1) is 5.92 Å². The number of Topliss-reactive ketones (excluding diaryl/α,β-unsaturated/α-hetero) is 1. The normalized spacial score (nSPS) is 17.1. The zero-order chi connectivity index (χ0) is 21.5. The summed E-state index contributed by atoms with van der Waals surface area (Å²) in [5, 5.41) is 8.85. The monoisotopic (exact) mass is 405 g/mol. The molecule has 0 spiro atoms. The molecule has 0 saturated heterocycles. The SMILES string of the molecule is CC1C=CC(C(=O)c2cccn2C/C=C/c2ccc(CO[C@@H](C)C(=O)O)cc2)=CC1. The van der Waals surface area contributed by atoms with Crippen LogP contribution in [0.4, 0.5) is 0 Å². The molecule has 3 rings (SSSR count). The molecule has 5 nitrogen and oxygen atoms in total. The molecule has 2 aromatic rings. The standard InChI is InChI=1S/C25H27NO4/c1-18-7-13-22(14-8-18)24(27)23-6-4-16-26(23)15-3-5-20-9-11-21(12-10-20)17-30-19(2)25(28)29/h3-7,9-14,16,18-19H,8,15,17H2,1-2H3,(H,28,29)/b5-3+/t18?,19-/m0/s1. The van der Waals surface area contributed by atoms with E-state index in [1.165, 1.54) is 6.92 Å². The maximum absolute atomic E-state index is 12.8. The Morgan fingerprint density at radius 1 is 1.27 bits per heavy atom. The van der Waals surface area contributed by atoms with E-state index < -0.39 is 12.1 Å². The molecule has 30 heavy (non-hydrogen) atoms. The maximum Gasteiger partial charge on any atom is 0.332 e. The second kappa shape index (κ2) is 10.0. The third kappa shape index (κ3) is 5.67. The van der Waals surface area contributed by atoms with Crippen molar-refractivity contribution in [3.63, 3.8) is 0 Å². The Balaban J connectivity index is 1.57. The molecule has 0 amide bonds. The van der Waals surface area contributed by atoms with Crippen molar-refractivity contribution in [3.05, 3.63) is 89.3 Å². The van der Waals surface area contributed by atoms with Gasteiger partial charge in [0.15, 0.2) is 6.10 Å². The maximum atomic E-state index is 12.8. The Kier molecular flexibility index (Phi) is 7.20. The predicted molar refractivity (Wildman–Crippen MR) is 117 cm³/mol. The Bertz CT molecular complexity index is 979. The van der Waals surface area contributed by atoms with Crippen LogP contribution in [-0.4, -0.2) is 27.5 Å². The number of allylic oxidation sites excluding steroid dienone is 5. The fraction of sp³-hybridized carbons (Fsp3) is 0.280. The molecule has 1 aromatic heterocycles. The van der Waals surface area contributed by atoms with Crippen LogP contribution >= 0.6 is 0 Å². The van der Waals surface area contributed by atoms with Gasteiger partial charge in [-0.25, -0.2) is 4.79 Å². The summed E-state index contributed by atoms with van der Waals surface area (Å²) in [5.41, 5.74) is 3.39. The smallest absolute Gasteiger partial charge is 0.332 e. The summed E-state index contributed by atoms with van der Waals surface area (Å²) >= 11 is 0. The van der Waals surface area contributed by atoms with Crippen molar-refractivity contribution in [2.75, 3.05) is 0 Å². The first-order chi connectivity index (χ1) is 14.4. The molecule has 0 fully saturated rings. The van der Waals surface area contributed by atoms with Gasteiger partial charge in [-0.3, -0.25) is 4.79 Å². The molecule has 1 N–H and O–H groups in total. The van der Waals surface area contributed by atoms with Gasteiger partial charge >= 0.3 is 5.97 Å². The highest BCUT2D eigenvalue weighted by Gasteiger charge is 2.16. The number of carboxylic acid groups (broad SMARTS) is 1. The molecular weight excluding hydrogens is 378 g/mol. The Morgan fingerprint density at radius 3 is 2.70 bits per heavy atom. The number of hydrogen-bond acceptors (Lipinski definition) is 3. The van der Waals surface area contributed by atoms with Gasteiger partial charge in [-0.1, -0.05) is 61.6 Å². The van der Waals surface area contributed by atoms with E-state index in [9.17, 15) is 9.59 Å². The Hall–Kier alpha value is -3.18. The van der Waals surface area contributed by atoms with Crippen LogP contribution in [0.5, 0.6) is 0 Å². The first kappa shape index (κ1) is 21.5. The van der Waals surface area contributed by atoms with Gasteiger partial charge in [0.05, 0.1) is 12.3 Å². The number of aliphatic carboxylic acids is 1. The van der Waals surface area contributed by atoms with E-state index in [0.29, 0.717) is 18.2 Å². The number of rotatable bonds is 9. The van der Waals surface area contributed by atoms with Crippen LogP contribution < -0.4 is 0 Å². The summed E-state index contributed by atoms with van der Waals surface area (Å²) in [6.45, 7) is 4.51. The van der Waals surface area contributed by atoms with Crippen LogP contribution in [0.15, 0.2) is 72.5 Å². The highest BCUT2D eigenvalue weighted by molar-refractivity contribution is 6.09. The fourth-order valence-electron chi connectivity index (χ4n) is 3.14. The number of nitrogens with zero attached hydrogens (tertiary/aromatic N) is 1. The second-order valence-electron chi connectivity index (χ2n) is 7.54. The molecule has 0 radical (unpaired) electrons. The molecule has 0 bridgehead atoms. The summed E-state index contributed by atoms with van der Waals surface area (Å²) in [5.74, 6) is -0.436. The highest BCUT2D eigenvalue weighted by atomic mass is 16.5. The van der Waals surface area contributed by atoms with Crippen molar-refractivity contribution in [1.29, 1.82) is 0 Å². The summed E-state index contributed by atoms with van der Waals surface area (Å²) < 4.78 is 7.23. The van der Waals surface area contributed by atoms with Gasteiger partial charge in [0.25, 0.3) is 0 Å². The minimum Gasteiger partial charge on any atom is -0.479 e. The Morgan fingerprint density at radius 2 is 2.03 bits per heavy atom. The summed E-state index contributed by atoms with van der Waals surface area (Å²) in [7, 11) is 0. The van der Waals surface area contributed by atoms with Crippen LogP contribution in [0.2, 0.25) is 0 Å². The highest BCUT2D eigenvalue weighted by Crippen LogP contribution is 2.20. The number of hydrogen-bond donors (Lipinski definition) is 1. The van der Waals surface area contributed by atoms with Gasteiger partial charge in [-0.2, -0.15) is 0 Å². The van der Waals surface area contributed by atoms with Crippen molar-refractivity contribution in [3.8, 4) is 0 Å². The first-order valence-electron chi connectivity index (χ1n) is 10.1. The summed E-state index contributed by atoms with van der Waals surface area (Å²) in [6.07, 6.45) is 12.0. The number of carbonyl (C=O) groups is 2. The van der Waals surface area contributed by atoms with Crippen LogP contribution in [-0.2, 0) is 22.7 Å². The molecule has 1 aliphatic carbocycles. The van der Waals surface area contributed by atoms with E-state index >= 15 is 0 Å². The van der Waals surface area contributed by atoms with Gasteiger partial charge in [0.1, 0.15) is 0 Å². The third-order valence-corrected chi connectivity index (χ3v) is 5.08. The lowest BCUT2D eigenvalue weighted by atomic mass is 9.95. The van der Waals surface area contributed by atoms with Crippen molar-refractivity contribution < 1.29 is 19.4 Å². The van der Waals surface area contributed by atoms with Crippen LogP contribution in [0.3, 0.4) is 0 Å². The van der Waals surface area contributed by atoms with Crippen molar-refractivity contribution >= 4 is 17.8 Å². The third-order valence-electron chi connectivity index (χ3n) is 5.08. The lowest BCUT2D eigenvalue weighted by Gasteiger charge is -2.12.